The second-order valence-electron chi connectivity index (χ2n) is 5.84. The number of aryl methyl sites for hydroxylation is 1. The minimum Gasteiger partial charge on any atom is -0.471 e. The quantitative estimate of drug-likeness (QED) is 0.801. The lowest BCUT2D eigenvalue weighted by Gasteiger charge is -2.39. The van der Waals surface area contributed by atoms with E-state index in [4.69, 9.17) is 4.74 Å². The van der Waals surface area contributed by atoms with Gasteiger partial charge in [0.25, 0.3) is 0 Å². The van der Waals surface area contributed by atoms with Gasteiger partial charge in [0.05, 0.1) is 6.54 Å². The third kappa shape index (κ3) is 2.31. The van der Waals surface area contributed by atoms with Crippen LogP contribution in [0.1, 0.15) is 51.8 Å². The lowest BCUT2D eigenvalue weighted by atomic mass is 9.99. The van der Waals surface area contributed by atoms with Gasteiger partial charge >= 0.3 is 0 Å². The van der Waals surface area contributed by atoms with Crippen molar-refractivity contribution in [2.75, 3.05) is 11.4 Å². The zero-order valence-corrected chi connectivity index (χ0v) is 12.3. The fourth-order valence-electron chi connectivity index (χ4n) is 2.54. The first-order chi connectivity index (χ1) is 8.40. The molecule has 0 unspecified atom stereocenters. The molecule has 0 N–H and O–H groups in total. The summed E-state index contributed by atoms with van der Waals surface area (Å²) in [6.07, 6.45) is 0.203. The number of fused-ring (bicyclic) bond motifs is 1. The second-order valence-corrected chi connectivity index (χ2v) is 5.84. The van der Waals surface area contributed by atoms with Crippen LogP contribution in [-0.4, -0.2) is 23.7 Å². The summed E-state index contributed by atoms with van der Waals surface area (Å²) in [5.41, 5.74) is 3.58. The first kappa shape index (κ1) is 13.2. The monoisotopic (exact) mass is 248 g/mol. The van der Waals surface area contributed by atoms with E-state index in [1.807, 2.05) is 6.92 Å². The van der Waals surface area contributed by atoms with Crippen LogP contribution in [-0.2, 0) is 0 Å². The highest BCUT2D eigenvalue weighted by molar-refractivity contribution is 5.64. The molecule has 0 bridgehead atoms. The van der Waals surface area contributed by atoms with Gasteiger partial charge in [0.1, 0.15) is 11.8 Å². The number of nitrogens with zero attached hydrogens (tertiary/aromatic N) is 2. The van der Waals surface area contributed by atoms with Gasteiger partial charge in [-0.05, 0) is 45.2 Å². The van der Waals surface area contributed by atoms with Crippen molar-refractivity contribution in [3.8, 4) is 5.88 Å². The number of ether oxygens (including phenoxy) is 1. The summed E-state index contributed by atoms with van der Waals surface area (Å²) in [5, 5.41) is 0. The van der Waals surface area contributed by atoms with Crippen LogP contribution in [0.4, 0.5) is 5.69 Å². The molecule has 0 aliphatic carbocycles. The van der Waals surface area contributed by atoms with Crippen molar-refractivity contribution in [1.29, 1.82) is 0 Å². The van der Waals surface area contributed by atoms with Crippen molar-refractivity contribution in [3.05, 3.63) is 17.3 Å². The zero-order chi connectivity index (χ0) is 13.4. The van der Waals surface area contributed by atoms with Gasteiger partial charge in [0, 0.05) is 11.7 Å². The standard InChI is InChI=1S/C15H24N2O/c1-9(2)13-7-11(5)16-15-14(13)17(10(3)4)8-12(6)18-15/h7,9-10,12H,8H2,1-6H3/t12-/m1/s1. The average Bonchev–Trinajstić information content (AvgIpc) is 2.25. The molecule has 3 nitrogen and oxygen atoms in total. The SMILES string of the molecule is Cc1cc(C(C)C)c2c(n1)O[C@H](C)CN2C(C)C. The fourth-order valence-corrected chi connectivity index (χ4v) is 2.54. The Morgan fingerprint density at radius 1 is 1.33 bits per heavy atom. The topological polar surface area (TPSA) is 25.4 Å². The minimum absolute atomic E-state index is 0.203. The molecule has 1 atom stereocenters. The molecular formula is C15H24N2O. The largest absolute Gasteiger partial charge is 0.471 e. The molecule has 2 rings (SSSR count). The first-order valence-electron chi connectivity index (χ1n) is 6.85. The van der Waals surface area contributed by atoms with Crippen LogP contribution in [0, 0.1) is 6.92 Å². The van der Waals surface area contributed by atoms with Gasteiger partial charge in [0.2, 0.25) is 5.88 Å². The van der Waals surface area contributed by atoms with Gasteiger partial charge < -0.3 is 9.64 Å². The van der Waals surface area contributed by atoms with Crippen LogP contribution in [0.2, 0.25) is 0 Å². The molecule has 1 aliphatic heterocycles. The number of hydrogen-bond acceptors (Lipinski definition) is 3. The summed E-state index contributed by atoms with van der Waals surface area (Å²) in [4.78, 5) is 7.00. The van der Waals surface area contributed by atoms with E-state index in [0.717, 1.165) is 18.1 Å². The van der Waals surface area contributed by atoms with Crippen LogP contribution in [0.25, 0.3) is 0 Å². The van der Waals surface area contributed by atoms with Gasteiger partial charge in [0.15, 0.2) is 0 Å². The van der Waals surface area contributed by atoms with Gasteiger partial charge in [-0.3, -0.25) is 0 Å². The van der Waals surface area contributed by atoms with Gasteiger partial charge in [-0.25, -0.2) is 4.98 Å². The Hall–Kier alpha value is -1.25. The molecule has 0 saturated carbocycles. The number of hydrogen-bond donors (Lipinski definition) is 0. The van der Waals surface area contributed by atoms with Crippen LogP contribution >= 0.6 is 0 Å². The van der Waals surface area contributed by atoms with Crippen LogP contribution in [0.15, 0.2) is 6.07 Å². The van der Waals surface area contributed by atoms with E-state index >= 15 is 0 Å². The Bertz CT molecular complexity index is 440. The molecule has 1 aromatic rings. The van der Waals surface area contributed by atoms with Crippen molar-refractivity contribution in [2.45, 2.75) is 59.6 Å². The minimum atomic E-state index is 0.203. The lowest BCUT2D eigenvalue weighted by Crippen LogP contribution is -2.43. The van der Waals surface area contributed by atoms with Crippen LogP contribution in [0.3, 0.4) is 0 Å². The van der Waals surface area contributed by atoms with Crippen LogP contribution in [0.5, 0.6) is 5.88 Å². The molecule has 1 aliphatic rings. The maximum Gasteiger partial charge on any atom is 0.238 e. The molecular weight excluding hydrogens is 224 g/mol. The molecule has 0 radical (unpaired) electrons. The smallest absolute Gasteiger partial charge is 0.238 e. The highest BCUT2D eigenvalue weighted by Gasteiger charge is 2.29. The Labute approximate surface area is 110 Å². The number of aromatic nitrogens is 1. The maximum atomic E-state index is 5.93. The molecule has 0 spiro atoms. The maximum absolute atomic E-state index is 5.93. The molecule has 0 fully saturated rings. The fraction of sp³-hybridized carbons (Fsp3) is 0.667. The third-order valence-electron chi connectivity index (χ3n) is 3.42. The Morgan fingerprint density at radius 2 is 2.00 bits per heavy atom. The average molecular weight is 248 g/mol. The summed E-state index contributed by atoms with van der Waals surface area (Å²) in [7, 11) is 0. The van der Waals surface area contributed by atoms with Crippen molar-refractivity contribution < 1.29 is 4.74 Å². The molecule has 1 aromatic heterocycles. The van der Waals surface area contributed by atoms with E-state index < -0.39 is 0 Å². The van der Waals surface area contributed by atoms with Gasteiger partial charge in [-0.1, -0.05) is 13.8 Å². The van der Waals surface area contributed by atoms with Gasteiger partial charge in [-0.2, -0.15) is 0 Å². The predicted octanol–water partition coefficient (Wildman–Crippen LogP) is 3.51. The highest BCUT2D eigenvalue weighted by Crippen LogP contribution is 2.39. The van der Waals surface area contributed by atoms with Crippen molar-refractivity contribution in [1.82, 2.24) is 4.98 Å². The van der Waals surface area contributed by atoms with Crippen molar-refractivity contribution in [2.24, 2.45) is 0 Å². The van der Waals surface area contributed by atoms with Crippen LogP contribution < -0.4 is 9.64 Å². The molecule has 100 valence electrons. The Kier molecular flexibility index (Phi) is 3.51. The zero-order valence-electron chi connectivity index (χ0n) is 12.3. The van der Waals surface area contributed by atoms with E-state index in [1.165, 1.54) is 11.3 Å². The molecule has 0 amide bonds. The Balaban J connectivity index is 2.59. The molecule has 3 heteroatoms. The predicted molar refractivity (Wildman–Crippen MR) is 75.6 cm³/mol. The molecule has 0 saturated heterocycles. The molecule has 0 aromatic carbocycles. The highest BCUT2D eigenvalue weighted by atomic mass is 16.5. The Morgan fingerprint density at radius 3 is 2.56 bits per heavy atom. The lowest BCUT2D eigenvalue weighted by molar-refractivity contribution is 0.199. The summed E-state index contributed by atoms with van der Waals surface area (Å²) in [6, 6.07) is 2.66. The summed E-state index contributed by atoms with van der Waals surface area (Å²) in [5.74, 6) is 1.30. The van der Waals surface area contributed by atoms with Crippen molar-refractivity contribution >= 4 is 5.69 Å². The third-order valence-corrected chi connectivity index (χ3v) is 3.42. The number of pyridine rings is 1. The van der Waals surface area contributed by atoms with Crippen molar-refractivity contribution in [3.63, 3.8) is 0 Å². The van der Waals surface area contributed by atoms with E-state index in [1.54, 1.807) is 0 Å². The summed E-state index contributed by atoms with van der Waals surface area (Å²) >= 11 is 0. The van der Waals surface area contributed by atoms with E-state index in [0.29, 0.717) is 12.0 Å². The number of rotatable bonds is 2. The second kappa shape index (κ2) is 4.79. The van der Waals surface area contributed by atoms with E-state index in [9.17, 15) is 0 Å². The molecule has 2 heterocycles. The summed E-state index contributed by atoms with van der Waals surface area (Å²) in [6.45, 7) is 14.0. The normalized spacial score (nSPS) is 19.1. The van der Waals surface area contributed by atoms with E-state index in [2.05, 4.69) is 50.6 Å². The first-order valence-corrected chi connectivity index (χ1v) is 6.85. The van der Waals surface area contributed by atoms with E-state index in [-0.39, 0.29) is 6.10 Å². The number of anilines is 1. The van der Waals surface area contributed by atoms with Gasteiger partial charge in [-0.15, -0.1) is 0 Å². The molecule has 18 heavy (non-hydrogen) atoms. The summed E-state index contributed by atoms with van der Waals surface area (Å²) < 4.78 is 5.93.